The summed E-state index contributed by atoms with van der Waals surface area (Å²) in [5.74, 6) is 0.263. The van der Waals surface area contributed by atoms with E-state index in [2.05, 4.69) is 27.7 Å². The van der Waals surface area contributed by atoms with Crippen molar-refractivity contribution in [1.29, 1.82) is 0 Å². The van der Waals surface area contributed by atoms with Gasteiger partial charge in [0, 0.05) is 11.1 Å². The van der Waals surface area contributed by atoms with Crippen LogP contribution in [0, 0.1) is 0 Å². The lowest BCUT2D eigenvalue weighted by molar-refractivity contribution is 0.102. The highest BCUT2D eigenvalue weighted by Crippen LogP contribution is 2.30. The maximum atomic E-state index is 13.0. The van der Waals surface area contributed by atoms with Gasteiger partial charge in [0.1, 0.15) is 11.5 Å². The topological polar surface area (TPSA) is 74.6 Å². The van der Waals surface area contributed by atoms with Crippen LogP contribution in [0.25, 0.3) is 12.2 Å². The van der Waals surface area contributed by atoms with Crippen LogP contribution in [0.3, 0.4) is 0 Å². The first-order chi connectivity index (χ1) is 20.2. The van der Waals surface area contributed by atoms with Crippen LogP contribution in [0.2, 0.25) is 0 Å². The molecule has 0 aliphatic rings. The monoisotopic (exact) mass is 560 g/mol. The minimum atomic E-state index is -0.214. The van der Waals surface area contributed by atoms with Gasteiger partial charge in [-0.2, -0.15) is 0 Å². The van der Waals surface area contributed by atoms with Gasteiger partial charge < -0.3 is 10.2 Å². The zero-order valence-corrected chi connectivity index (χ0v) is 24.9. The van der Waals surface area contributed by atoms with E-state index in [0.29, 0.717) is 34.1 Å². The van der Waals surface area contributed by atoms with Crippen molar-refractivity contribution in [1.82, 2.24) is 0 Å². The van der Waals surface area contributed by atoms with Gasteiger partial charge in [0.15, 0.2) is 11.6 Å². The molecular weight excluding hydrogens is 520 g/mol. The summed E-state index contributed by atoms with van der Waals surface area (Å²) in [6.07, 6.45) is 8.06. The number of rotatable bonds is 12. The summed E-state index contributed by atoms with van der Waals surface area (Å²) >= 11 is 0. The van der Waals surface area contributed by atoms with Crippen molar-refractivity contribution in [3.8, 4) is 11.5 Å². The van der Waals surface area contributed by atoms with Gasteiger partial charge in [-0.15, -0.1) is 0 Å². The number of benzene rings is 4. The summed E-state index contributed by atoms with van der Waals surface area (Å²) < 4.78 is 0. The van der Waals surface area contributed by atoms with E-state index in [1.165, 1.54) is 0 Å². The summed E-state index contributed by atoms with van der Waals surface area (Å²) in [7, 11) is 0. The predicted molar refractivity (Wildman–Crippen MR) is 172 cm³/mol. The minimum absolute atomic E-state index is 0.0140. The number of phenols is 2. The van der Waals surface area contributed by atoms with Crippen molar-refractivity contribution in [2.75, 3.05) is 0 Å². The normalized spacial score (nSPS) is 12.8. The fourth-order valence-corrected chi connectivity index (χ4v) is 5.29. The van der Waals surface area contributed by atoms with Crippen molar-refractivity contribution >= 4 is 23.7 Å². The lowest BCUT2D eigenvalue weighted by Gasteiger charge is -2.12. The SMILES string of the molecule is CCCC(C)c1ccc(C(=O)c2ccc(/C=C/c3ccc(C(=O)c4ccc(C(C)CCC)cc4O)cc3)cc2)c(O)c1. The number of hydrogen-bond acceptors (Lipinski definition) is 4. The number of ketones is 2. The molecule has 2 N–H and O–H groups in total. The average molecular weight is 561 g/mol. The molecule has 0 saturated carbocycles. The van der Waals surface area contributed by atoms with E-state index in [1.54, 1.807) is 48.5 Å². The van der Waals surface area contributed by atoms with E-state index in [9.17, 15) is 19.8 Å². The third-order valence-corrected chi connectivity index (χ3v) is 7.93. The number of carbonyl (C=O) groups is 2. The van der Waals surface area contributed by atoms with Crippen molar-refractivity contribution in [2.24, 2.45) is 0 Å². The van der Waals surface area contributed by atoms with Crippen molar-refractivity contribution < 1.29 is 19.8 Å². The molecular formula is C38H40O4. The second kappa shape index (κ2) is 14.0. The molecule has 0 aliphatic heterocycles. The first kappa shape index (κ1) is 30.5. The summed E-state index contributed by atoms with van der Waals surface area (Å²) in [5.41, 5.74) is 5.53. The van der Waals surface area contributed by atoms with E-state index >= 15 is 0 Å². The van der Waals surface area contributed by atoms with Crippen LogP contribution in [0.4, 0.5) is 0 Å². The van der Waals surface area contributed by atoms with Gasteiger partial charge in [-0.05, 0) is 71.2 Å². The van der Waals surface area contributed by atoms with Gasteiger partial charge in [-0.1, -0.05) is 113 Å². The quantitative estimate of drug-likeness (QED) is 0.134. The molecule has 0 fully saturated rings. The lowest BCUT2D eigenvalue weighted by atomic mass is 9.93. The smallest absolute Gasteiger partial charge is 0.196 e. The summed E-state index contributed by atoms with van der Waals surface area (Å²) in [6.45, 7) is 8.52. The molecule has 4 aromatic rings. The Morgan fingerprint density at radius 1 is 0.595 bits per heavy atom. The van der Waals surface area contributed by atoms with Gasteiger partial charge in [0.2, 0.25) is 0 Å². The molecule has 4 nitrogen and oxygen atoms in total. The van der Waals surface area contributed by atoms with Crippen LogP contribution in [0.1, 0.15) is 119 Å². The highest BCUT2D eigenvalue weighted by molar-refractivity contribution is 6.11. The Morgan fingerprint density at radius 3 is 1.26 bits per heavy atom. The molecule has 0 amide bonds. The largest absolute Gasteiger partial charge is 0.507 e. The molecule has 4 rings (SSSR count). The Bertz CT molecular complexity index is 1440. The van der Waals surface area contributed by atoms with E-state index in [1.807, 2.05) is 48.6 Å². The predicted octanol–water partition coefficient (Wildman–Crippen LogP) is 9.54. The maximum absolute atomic E-state index is 13.0. The summed E-state index contributed by atoms with van der Waals surface area (Å²) in [4.78, 5) is 26.1. The maximum Gasteiger partial charge on any atom is 0.196 e. The number of aromatic hydroxyl groups is 2. The van der Waals surface area contributed by atoms with Crippen LogP contribution in [-0.4, -0.2) is 21.8 Å². The second-order valence-electron chi connectivity index (χ2n) is 11.2. The molecule has 0 aliphatic carbocycles. The fraction of sp³-hybridized carbons (Fsp3) is 0.263. The van der Waals surface area contributed by atoms with Crippen LogP contribution in [0.5, 0.6) is 11.5 Å². The molecule has 0 bridgehead atoms. The highest BCUT2D eigenvalue weighted by Gasteiger charge is 2.17. The van der Waals surface area contributed by atoms with Crippen LogP contribution >= 0.6 is 0 Å². The van der Waals surface area contributed by atoms with E-state index in [4.69, 9.17) is 0 Å². The summed E-state index contributed by atoms with van der Waals surface area (Å²) in [6, 6.07) is 25.2. The molecule has 0 spiro atoms. The van der Waals surface area contributed by atoms with Crippen LogP contribution in [0.15, 0.2) is 84.9 Å². The Hall–Kier alpha value is -4.44. The highest BCUT2D eigenvalue weighted by atomic mass is 16.3. The third kappa shape index (κ3) is 7.25. The Morgan fingerprint density at radius 2 is 0.952 bits per heavy atom. The Labute approximate surface area is 249 Å². The number of hydrogen-bond donors (Lipinski definition) is 2. The molecule has 2 unspecified atom stereocenters. The molecule has 0 saturated heterocycles. The molecule has 216 valence electrons. The number of phenolic OH excluding ortho intramolecular Hbond substituents is 2. The minimum Gasteiger partial charge on any atom is -0.507 e. The fourth-order valence-electron chi connectivity index (χ4n) is 5.29. The first-order valence-corrected chi connectivity index (χ1v) is 14.8. The Kier molecular flexibility index (Phi) is 10.1. The van der Waals surface area contributed by atoms with Gasteiger partial charge in [0.25, 0.3) is 0 Å². The zero-order chi connectivity index (χ0) is 30.2. The van der Waals surface area contributed by atoms with Gasteiger partial charge in [-0.25, -0.2) is 0 Å². The van der Waals surface area contributed by atoms with Gasteiger partial charge in [0.05, 0.1) is 11.1 Å². The number of carbonyl (C=O) groups excluding carboxylic acids is 2. The molecule has 4 heteroatoms. The zero-order valence-electron chi connectivity index (χ0n) is 24.9. The lowest BCUT2D eigenvalue weighted by Crippen LogP contribution is -2.03. The first-order valence-electron chi connectivity index (χ1n) is 14.8. The summed E-state index contributed by atoms with van der Waals surface area (Å²) in [5, 5.41) is 21.0. The molecule has 0 radical (unpaired) electrons. The Balaban J connectivity index is 1.41. The van der Waals surface area contributed by atoms with E-state index in [-0.39, 0.29) is 23.1 Å². The molecule has 42 heavy (non-hydrogen) atoms. The standard InChI is InChI=1S/C38H40O4/c1-5-7-25(3)31-19-21-33(35(39)23-31)37(41)29-15-11-27(12-16-29)9-10-28-13-17-30(18-14-28)38(42)34-22-20-32(24-36(34)40)26(4)8-6-2/h9-26,39-40H,5-8H2,1-4H3/b10-9+. The van der Waals surface area contributed by atoms with Crippen LogP contribution < -0.4 is 0 Å². The third-order valence-electron chi connectivity index (χ3n) is 7.93. The molecule has 2 atom stereocenters. The van der Waals surface area contributed by atoms with Gasteiger partial charge in [-0.3, -0.25) is 9.59 Å². The average Bonchev–Trinajstić information content (AvgIpc) is 3.00. The van der Waals surface area contributed by atoms with Crippen molar-refractivity contribution in [3.63, 3.8) is 0 Å². The van der Waals surface area contributed by atoms with Gasteiger partial charge >= 0.3 is 0 Å². The molecule has 4 aromatic carbocycles. The molecule has 0 aromatic heterocycles. The van der Waals surface area contributed by atoms with Crippen molar-refractivity contribution in [3.05, 3.63) is 129 Å². The van der Waals surface area contributed by atoms with E-state index in [0.717, 1.165) is 47.9 Å². The molecule has 0 heterocycles. The van der Waals surface area contributed by atoms with Crippen molar-refractivity contribution in [2.45, 2.75) is 65.2 Å². The second-order valence-corrected chi connectivity index (χ2v) is 11.2. The van der Waals surface area contributed by atoms with E-state index < -0.39 is 0 Å². The van der Waals surface area contributed by atoms with Crippen LogP contribution in [-0.2, 0) is 0 Å².